The van der Waals surface area contributed by atoms with E-state index in [1.54, 1.807) is 0 Å². The van der Waals surface area contributed by atoms with Gasteiger partial charge in [0.05, 0.1) is 19.2 Å². The van der Waals surface area contributed by atoms with Crippen LogP contribution in [0.5, 0.6) is 0 Å². The molecule has 0 aromatic heterocycles. The van der Waals surface area contributed by atoms with Crippen molar-refractivity contribution in [2.75, 3.05) is 13.1 Å². The number of amides is 3. The lowest BCUT2D eigenvalue weighted by Crippen LogP contribution is -2.52. The highest BCUT2D eigenvalue weighted by Crippen LogP contribution is 2.41. The Hall–Kier alpha value is -2.10. The molecular weight excluding hydrogens is 224 g/mol. The number of hydrogen-bond donors (Lipinski definition) is 2. The van der Waals surface area contributed by atoms with E-state index >= 15 is 0 Å². The monoisotopic (exact) mass is 238 g/mol. The molecule has 7 nitrogen and oxygen atoms in total. The van der Waals surface area contributed by atoms with Crippen molar-refractivity contribution in [1.82, 2.24) is 4.90 Å². The Morgan fingerprint density at radius 3 is 1.88 bits per heavy atom. The highest BCUT2D eigenvalue weighted by atomic mass is 16.2. The third kappa shape index (κ3) is 2.72. The fourth-order valence-corrected chi connectivity index (χ4v) is 1.78. The quantitative estimate of drug-likeness (QED) is 0.602. The summed E-state index contributed by atoms with van der Waals surface area (Å²) in [6.07, 6.45) is 1.66. The van der Waals surface area contributed by atoms with Crippen LogP contribution in [0.25, 0.3) is 0 Å². The molecule has 0 radical (unpaired) electrons. The molecule has 1 aliphatic rings. The first kappa shape index (κ1) is 13.0. The molecule has 92 valence electrons. The minimum Gasteiger partial charge on any atom is -0.368 e. The van der Waals surface area contributed by atoms with Gasteiger partial charge in [0.1, 0.15) is 5.41 Å². The van der Waals surface area contributed by atoms with Crippen LogP contribution in [-0.4, -0.2) is 35.7 Å². The van der Waals surface area contributed by atoms with Crippen LogP contribution in [0.2, 0.25) is 0 Å². The molecule has 1 saturated carbocycles. The summed E-state index contributed by atoms with van der Waals surface area (Å²) >= 11 is 0. The first-order valence-corrected chi connectivity index (χ1v) is 5.18. The van der Waals surface area contributed by atoms with E-state index < -0.39 is 36.2 Å². The molecule has 3 amide bonds. The van der Waals surface area contributed by atoms with Crippen LogP contribution in [-0.2, 0) is 14.4 Å². The molecule has 1 aliphatic carbocycles. The molecule has 0 aromatic rings. The van der Waals surface area contributed by atoms with E-state index in [0.717, 1.165) is 11.3 Å². The van der Waals surface area contributed by atoms with Crippen LogP contribution < -0.4 is 11.5 Å². The van der Waals surface area contributed by atoms with Crippen molar-refractivity contribution < 1.29 is 14.4 Å². The zero-order chi connectivity index (χ0) is 13.1. The molecule has 0 atom stereocenters. The number of carbonyl (C=O) groups is 3. The van der Waals surface area contributed by atoms with Gasteiger partial charge >= 0.3 is 0 Å². The number of nitrogens with two attached hydrogens (primary N) is 2. The molecule has 0 bridgehead atoms. The van der Waals surface area contributed by atoms with Crippen molar-refractivity contribution in [3.05, 3.63) is 0 Å². The van der Waals surface area contributed by atoms with E-state index in [1.807, 2.05) is 6.07 Å². The van der Waals surface area contributed by atoms with E-state index in [-0.39, 0.29) is 0 Å². The predicted octanol–water partition coefficient (Wildman–Crippen LogP) is -1.52. The van der Waals surface area contributed by atoms with Gasteiger partial charge < -0.3 is 16.4 Å². The minimum atomic E-state index is -1.11. The van der Waals surface area contributed by atoms with Gasteiger partial charge in [0, 0.05) is 0 Å². The lowest BCUT2D eigenvalue weighted by molar-refractivity contribution is -0.147. The molecule has 7 heteroatoms. The number of carbonyl (C=O) groups excluding carboxylic acids is 3. The lowest BCUT2D eigenvalue weighted by atomic mass is 9.69. The number of nitriles is 1. The van der Waals surface area contributed by atoms with E-state index in [2.05, 4.69) is 0 Å². The van der Waals surface area contributed by atoms with Gasteiger partial charge in [-0.1, -0.05) is 0 Å². The summed E-state index contributed by atoms with van der Waals surface area (Å²) < 4.78 is 0. The average molecular weight is 238 g/mol. The SMILES string of the molecule is N#CC1(C(=O)N(CC(N)=O)CC(N)=O)CCC1. The first-order valence-electron chi connectivity index (χ1n) is 5.18. The van der Waals surface area contributed by atoms with E-state index in [9.17, 15) is 14.4 Å². The molecular formula is C10H14N4O3. The minimum absolute atomic E-state index is 0.398. The Morgan fingerprint density at radius 1 is 1.18 bits per heavy atom. The number of primary amides is 2. The van der Waals surface area contributed by atoms with Crippen molar-refractivity contribution in [2.24, 2.45) is 16.9 Å². The molecule has 17 heavy (non-hydrogen) atoms. The van der Waals surface area contributed by atoms with Crippen LogP contribution in [0, 0.1) is 16.7 Å². The van der Waals surface area contributed by atoms with Gasteiger partial charge in [0.2, 0.25) is 17.7 Å². The molecule has 0 unspecified atom stereocenters. The molecule has 0 aliphatic heterocycles. The van der Waals surface area contributed by atoms with E-state index in [4.69, 9.17) is 16.7 Å². The maximum atomic E-state index is 12.0. The second-order valence-electron chi connectivity index (χ2n) is 4.14. The topological polar surface area (TPSA) is 130 Å². The fourth-order valence-electron chi connectivity index (χ4n) is 1.78. The Kier molecular flexibility index (Phi) is 3.68. The van der Waals surface area contributed by atoms with Crippen molar-refractivity contribution >= 4 is 17.7 Å². The Labute approximate surface area is 98.3 Å². The smallest absolute Gasteiger partial charge is 0.243 e. The molecule has 1 rings (SSSR count). The number of rotatable bonds is 5. The van der Waals surface area contributed by atoms with Crippen LogP contribution in [0.15, 0.2) is 0 Å². The first-order chi connectivity index (χ1) is 7.91. The largest absolute Gasteiger partial charge is 0.368 e. The van der Waals surface area contributed by atoms with Gasteiger partial charge in [0.15, 0.2) is 0 Å². The van der Waals surface area contributed by atoms with Gasteiger partial charge in [0.25, 0.3) is 0 Å². The predicted molar refractivity (Wildman–Crippen MR) is 56.9 cm³/mol. The van der Waals surface area contributed by atoms with Crippen molar-refractivity contribution in [3.8, 4) is 6.07 Å². The number of hydrogen-bond acceptors (Lipinski definition) is 4. The highest BCUT2D eigenvalue weighted by Gasteiger charge is 2.47. The zero-order valence-electron chi connectivity index (χ0n) is 9.31. The zero-order valence-corrected chi connectivity index (χ0v) is 9.31. The average Bonchev–Trinajstić information content (AvgIpc) is 2.14. The van der Waals surface area contributed by atoms with Crippen LogP contribution in [0.1, 0.15) is 19.3 Å². The summed E-state index contributed by atoms with van der Waals surface area (Å²) in [6.45, 7) is -0.795. The van der Waals surface area contributed by atoms with Gasteiger partial charge in [-0.05, 0) is 19.3 Å². The Balaban J connectivity index is 2.82. The van der Waals surface area contributed by atoms with Crippen LogP contribution in [0.3, 0.4) is 0 Å². The fraction of sp³-hybridized carbons (Fsp3) is 0.600. The summed E-state index contributed by atoms with van der Waals surface area (Å²) in [5.41, 5.74) is 8.86. The molecule has 0 spiro atoms. The van der Waals surface area contributed by atoms with Crippen molar-refractivity contribution in [1.29, 1.82) is 5.26 Å². The maximum absolute atomic E-state index is 12.0. The highest BCUT2D eigenvalue weighted by molar-refractivity contribution is 5.92. The maximum Gasteiger partial charge on any atom is 0.243 e. The van der Waals surface area contributed by atoms with E-state index in [1.165, 1.54) is 0 Å². The standard InChI is InChI=1S/C10H14N4O3/c11-6-10(2-1-3-10)9(17)14(4-7(12)15)5-8(13)16/h1-5H2,(H2,12,15)(H2,13,16). The summed E-state index contributed by atoms with van der Waals surface area (Å²) in [5, 5.41) is 8.99. The molecule has 4 N–H and O–H groups in total. The molecule has 0 saturated heterocycles. The summed E-state index contributed by atoms with van der Waals surface area (Å²) in [7, 11) is 0. The van der Waals surface area contributed by atoms with Crippen LogP contribution >= 0.6 is 0 Å². The van der Waals surface area contributed by atoms with Gasteiger partial charge in [-0.25, -0.2) is 0 Å². The second-order valence-corrected chi connectivity index (χ2v) is 4.14. The molecule has 1 fully saturated rings. The summed E-state index contributed by atoms with van der Waals surface area (Å²) in [6, 6.07) is 1.95. The lowest BCUT2D eigenvalue weighted by Gasteiger charge is -2.37. The van der Waals surface area contributed by atoms with Crippen molar-refractivity contribution in [2.45, 2.75) is 19.3 Å². The van der Waals surface area contributed by atoms with E-state index in [0.29, 0.717) is 12.8 Å². The van der Waals surface area contributed by atoms with Gasteiger partial charge in [-0.3, -0.25) is 14.4 Å². The number of nitrogens with zero attached hydrogens (tertiary/aromatic N) is 2. The summed E-state index contributed by atoms with van der Waals surface area (Å²) in [5.74, 6) is -2.03. The Bertz CT molecular complexity index is 379. The molecule has 0 aromatic carbocycles. The van der Waals surface area contributed by atoms with Gasteiger partial charge in [-0.15, -0.1) is 0 Å². The summed E-state index contributed by atoms with van der Waals surface area (Å²) in [4.78, 5) is 34.6. The third-order valence-electron chi connectivity index (χ3n) is 2.81. The third-order valence-corrected chi connectivity index (χ3v) is 2.81. The van der Waals surface area contributed by atoms with Crippen LogP contribution in [0.4, 0.5) is 0 Å². The second kappa shape index (κ2) is 4.82. The van der Waals surface area contributed by atoms with Crippen molar-refractivity contribution in [3.63, 3.8) is 0 Å². The van der Waals surface area contributed by atoms with Gasteiger partial charge in [-0.2, -0.15) is 5.26 Å². The molecule has 0 heterocycles. The Morgan fingerprint density at radius 2 is 1.65 bits per heavy atom. The normalized spacial score (nSPS) is 16.4.